The zero-order valence-electron chi connectivity index (χ0n) is 16.8. The van der Waals surface area contributed by atoms with Gasteiger partial charge in [-0.25, -0.2) is 0 Å². The van der Waals surface area contributed by atoms with E-state index in [1.165, 1.54) is 16.8 Å². The lowest BCUT2D eigenvalue weighted by atomic mass is 10.0. The van der Waals surface area contributed by atoms with Crippen molar-refractivity contribution < 1.29 is 9.21 Å². The first kappa shape index (κ1) is 18.6. The lowest BCUT2D eigenvalue weighted by Crippen LogP contribution is -2.44. The van der Waals surface area contributed by atoms with Crippen LogP contribution < -0.4 is 10.2 Å². The van der Waals surface area contributed by atoms with Crippen LogP contribution in [0.25, 0.3) is 11.0 Å². The summed E-state index contributed by atoms with van der Waals surface area (Å²) >= 11 is 0. The Hall–Kier alpha value is -2.79. The van der Waals surface area contributed by atoms with Crippen molar-refractivity contribution in [3.63, 3.8) is 0 Å². The van der Waals surface area contributed by atoms with Crippen LogP contribution in [0, 0.1) is 13.8 Å². The maximum atomic E-state index is 12.5. The third kappa shape index (κ3) is 3.90. The molecule has 1 aliphatic rings. The van der Waals surface area contributed by atoms with Crippen LogP contribution in [-0.4, -0.2) is 44.0 Å². The molecule has 3 aromatic rings. The van der Waals surface area contributed by atoms with Gasteiger partial charge in [-0.05, 0) is 68.4 Å². The second-order valence-corrected chi connectivity index (χ2v) is 7.76. The summed E-state index contributed by atoms with van der Waals surface area (Å²) in [5.41, 5.74) is 6.18. The van der Waals surface area contributed by atoms with Crippen LogP contribution in [0.15, 0.2) is 47.1 Å². The number of benzene rings is 2. The van der Waals surface area contributed by atoms with Gasteiger partial charge in [0, 0.05) is 48.5 Å². The molecule has 1 aromatic heterocycles. The summed E-state index contributed by atoms with van der Waals surface area (Å²) in [5, 5.41) is 4.02. The Labute approximate surface area is 165 Å². The monoisotopic (exact) mass is 377 g/mol. The van der Waals surface area contributed by atoms with E-state index in [-0.39, 0.29) is 5.91 Å². The molecule has 0 aliphatic carbocycles. The number of carbonyl (C=O) groups is 1. The molecule has 4 rings (SSSR count). The van der Waals surface area contributed by atoms with Gasteiger partial charge in [0.15, 0.2) is 0 Å². The molecule has 146 valence electrons. The maximum Gasteiger partial charge on any atom is 0.228 e. The molecule has 1 amide bonds. The van der Waals surface area contributed by atoms with Crippen LogP contribution >= 0.6 is 0 Å². The number of nitrogens with zero attached hydrogens (tertiary/aromatic N) is 2. The second-order valence-electron chi connectivity index (χ2n) is 7.76. The Bertz CT molecular complexity index is 983. The third-order valence-corrected chi connectivity index (χ3v) is 5.64. The van der Waals surface area contributed by atoms with Crippen molar-refractivity contribution in [3.8, 4) is 0 Å². The van der Waals surface area contributed by atoms with E-state index in [0.717, 1.165) is 48.4 Å². The van der Waals surface area contributed by atoms with Gasteiger partial charge >= 0.3 is 0 Å². The molecule has 0 spiro atoms. The summed E-state index contributed by atoms with van der Waals surface area (Å²) in [6.45, 7) is 8.37. The second kappa shape index (κ2) is 7.68. The third-order valence-electron chi connectivity index (χ3n) is 5.64. The molecule has 1 aliphatic heterocycles. The average Bonchev–Trinajstić information content (AvgIpc) is 3.05. The van der Waals surface area contributed by atoms with E-state index in [1.54, 1.807) is 6.26 Å². The summed E-state index contributed by atoms with van der Waals surface area (Å²) in [4.78, 5) is 17.3. The van der Waals surface area contributed by atoms with Crippen LogP contribution in [-0.2, 0) is 11.2 Å². The van der Waals surface area contributed by atoms with Crippen molar-refractivity contribution in [2.24, 2.45) is 0 Å². The van der Waals surface area contributed by atoms with Crippen molar-refractivity contribution in [2.75, 3.05) is 43.4 Å². The highest BCUT2D eigenvalue weighted by molar-refractivity contribution is 5.95. The first-order chi connectivity index (χ1) is 13.5. The lowest BCUT2D eigenvalue weighted by molar-refractivity contribution is -0.115. The molecule has 0 unspecified atom stereocenters. The molecule has 2 aromatic carbocycles. The van der Waals surface area contributed by atoms with Crippen molar-refractivity contribution in [1.82, 2.24) is 4.90 Å². The Morgan fingerprint density at radius 1 is 1.04 bits per heavy atom. The minimum absolute atomic E-state index is 0.0340. The van der Waals surface area contributed by atoms with Crippen LogP contribution in [0.1, 0.15) is 16.7 Å². The summed E-state index contributed by atoms with van der Waals surface area (Å²) in [6.07, 6.45) is 2.00. The number of piperazine rings is 1. The number of hydrogen-bond acceptors (Lipinski definition) is 4. The highest BCUT2D eigenvalue weighted by Crippen LogP contribution is 2.25. The first-order valence-electron chi connectivity index (χ1n) is 9.80. The SMILES string of the molecule is Cc1cc2occ(CC(=O)Nc3ccc(N4CCN(C)CC4)cc3)c2cc1C. The zero-order chi connectivity index (χ0) is 19.7. The highest BCUT2D eigenvalue weighted by atomic mass is 16.3. The van der Waals surface area contributed by atoms with Crippen LogP contribution in [0.5, 0.6) is 0 Å². The van der Waals surface area contributed by atoms with E-state index in [0.29, 0.717) is 6.42 Å². The van der Waals surface area contributed by atoms with Gasteiger partial charge in [-0.2, -0.15) is 0 Å². The predicted molar refractivity (Wildman–Crippen MR) is 114 cm³/mol. The molecular formula is C23H27N3O2. The molecule has 1 saturated heterocycles. The molecule has 0 saturated carbocycles. The number of furan rings is 1. The zero-order valence-corrected chi connectivity index (χ0v) is 16.8. The fourth-order valence-corrected chi connectivity index (χ4v) is 3.67. The number of rotatable bonds is 4. The summed E-state index contributed by atoms with van der Waals surface area (Å²) in [5.74, 6) is -0.0340. The van der Waals surface area contributed by atoms with Gasteiger partial charge in [0.05, 0.1) is 12.7 Å². The fraction of sp³-hybridized carbons (Fsp3) is 0.348. The van der Waals surface area contributed by atoms with Gasteiger partial charge in [-0.1, -0.05) is 0 Å². The minimum Gasteiger partial charge on any atom is -0.464 e. The Balaban J connectivity index is 1.41. The minimum atomic E-state index is -0.0340. The lowest BCUT2D eigenvalue weighted by Gasteiger charge is -2.34. The van der Waals surface area contributed by atoms with Gasteiger partial charge in [0.1, 0.15) is 5.58 Å². The van der Waals surface area contributed by atoms with E-state index in [9.17, 15) is 4.79 Å². The summed E-state index contributed by atoms with van der Waals surface area (Å²) < 4.78 is 5.64. The van der Waals surface area contributed by atoms with Crippen LogP contribution in [0.4, 0.5) is 11.4 Å². The Morgan fingerprint density at radius 3 is 2.43 bits per heavy atom. The molecular weight excluding hydrogens is 350 g/mol. The van der Waals surface area contributed by atoms with E-state index in [4.69, 9.17) is 4.42 Å². The molecule has 5 heteroatoms. The number of nitrogens with one attached hydrogen (secondary N) is 1. The molecule has 1 N–H and O–H groups in total. The normalized spacial score (nSPS) is 15.2. The van der Waals surface area contributed by atoms with E-state index >= 15 is 0 Å². The quantitative estimate of drug-likeness (QED) is 0.747. The smallest absolute Gasteiger partial charge is 0.228 e. The molecule has 0 radical (unpaired) electrons. The molecule has 5 nitrogen and oxygen atoms in total. The fourth-order valence-electron chi connectivity index (χ4n) is 3.67. The Morgan fingerprint density at radius 2 is 1.71 bits per heavy atom. The predicted octanol–water partition coefficient (Wildman–Crippen LogP) is 3.98. The van der Waals surface area contributed by atoms with Gasteiger partial charge in [-0.3, -0.25) is 4.79 Å². The number of anilines is 2. The molecule has 2 heterocycles. The number of amides is 1. The van der Waals surface area contributed by atoms with Crippen LogP contribution in [0.2, 0.25) is 0 Å². The van der Waals surface area contributed by atoms with Crippen molar-refractivity contribution in [2.45, 2.75) is 20.3 Å². The maximum absolute atomic E-state index is 12.5. The van der Waals surface area contributed by atoms with Crippen molar-refractivity contribution >= 4 is 28.3 Å². The molecule has 1 fully saturated rings. The number of likely N-dealkylation sites (N-methyl/N-ethyl adjacent to an activating group) is 1. The molecule has 28 heavy (non-hydrogen) atoms. The van der Waals surface area contributed by atoms with Gasteiger partial charge in [0.2, 0.25) is 5.91 Å². The van der Waals surface area contributed by atoms with E-state index in [2.05, 4.69) is 54.2 Å². The standard InChI is InChI=1S/C23H27N3O2/c1-16-12-21-18(15-28-22(21)13-17(16)2)14-23(27)24-19-4-6-20(7-5-19)26-10-8-25(3)9-11-26/h4-7,12-13,15H,8-11,14H2,1-3H3,(H,24,27). The number of hydrogen-bond donors (Lipinski definition) is 1. The van der Waals surface area contributed by atoms with Gasteiger partial charge in [-0.15, -0.1) is 0 Å². The topological polar surface area (TPSA) is 48.7 Å². The van der Waals surface area contributed by atoms with Crippen molar-refractivity contribution in [1.29, 1.82) is 0 Å². The summed E-state index contributed by atoms with van der Waals surface area (Å²) in [7, 11) is 2.15. The van der Waals surface area contributed by atoms with Crippen molar-refractivity contribution in [3.05, 3.63) is 59.4 Å². The van der Waals surface area contributed by atoms with Gasteiger partial charge < -0.3 is 19.5 Å². The van der Waals surface area contributed by atoms with E-state index < -0.39 is 0 Å². The Kier molecular flexibility index (Phi) is 5.09. The van der Waals surface area contributed by atoms with Crippen LogP contribution in [0.3, 0.4) is 0 Å². The number of aryl methyl sites for hydroxylation is 2. The van der Waals surface area contributed by atoms with E-state index in [1.807, 2.05) is 18.2 Å². The van der Waals surface area contributed by atoms with Gasteiger partial charge in [0.25, 0.3) is 0 Å². The number of fused-ring (bicyclic) bond motifs is 1. The largest absolute Gasteiger partial charge is 0.464 e. The number of carbonyl (C=O) groups excluding carboxylic acids is 1. The average molecular weight is 377 g/mol. The first-order valence-corrected chi connectivity index (χ1v) is 9.80. The molecule has 0 bridgehead atoms. The molecule has 0 atom stereocenters. The highest BCUT2D eigenvalue weighted by Gasteiger charge is 2.15. The summed E-state index contributed by atoms with van der Waals surface area (Å²) in [6, 6.07) is 12.3.